The molecule has 1 aliphatic rings. The van der Waals surface area contributed by atoms with Crippen LogP contribution < -0.4 is 10.1 Å². The van der Waals surface area contributed by atoms with Gasteiger partial charge in [0.15, 0.2) is 11.5 Å². The lowest BCUT2D eigenvalue weighted by Gasteiger charge is -2.35. The van der Waals surface area contributed by atoms with E-state index in [9.17, 15) is 5.11 Å². The van der Waals surface area contributed by atoms with Crippen molar-refractivity contribution in [3.05, 3.63) is 36.4 Å². The molecule has 1 fully saturated rings. The molecule has 4 nitrogen and oxygen atoms in total. The average molecular weight is 363 g/mol. The number of benzene rings is 1. The minimum Gasteiger partial charge on any atom is -0.504 e. The Morgan fingerprint density at radius 3 is 2.65 bits per heavy atom. The molecule has 2 N–H and O–H groups in total. The van der Waals surface area contributed by atoms with Crippen LogP contribution in [0.25, 0.3) is 0 Å². The second kappa shape index (κ2) is 11.6. The molecule has 0 spiro atoms. The van der Waals surface area contributed by atoms with Crippen molar-refractivity contribution in [3.63, 3.8) is 0 Å². The lowest BCUT2D eigenvalue weighted by molar-refractivity contribution is 0.165. The number of halogens is 2. The van der Waals surface area contributed by atoms with Crippen LogP contribution in [-0.2, 0) is 0 Å². The molecule has 1 saturated heterocycles. The molecule has 0 saturated carbocycles. The third-order valence-corrected chi connectivity index (χ3v) is 3.91. The van der Waals surface area contributed by atoms with Gasteiger partial charge in [-0.2, -0.15) is 0 Å². The van der Waals surface area contributed by atoms with Crippen LogP contribution in [0.2, 0.25) is 0 Å². The summed E-state index contributed by atoms with van der Waals surface area (Å²) in [6.45, 7) is 10.5. The van der Waals surface area contributed by atoms with Gasteiger partial charge in [0.25, 0.3) is 0 Å². The van der Waals surface area contributed by atoms with Crippen molar-refractivity contribution in [1.82, 2.24) is 10.2 Å². The van der Waals surface area contributed by atoms with Gasteiger partial charge in [-0.05, 0) is 37.5 Å². The van der Waals surface area contributed by atoms with E-state index in [4.69, 9.17) is 4.74 Å². The SMILES string of the molecule is C=CCC[C@@H](c1ccc(O)c(OCC)c1)N1CCNCC1.Cl.Cl. The summed E-state index contributed by atoms with van der Waals surface area (Å²) in [6.07, 6.45) is 4.00. The van der Waals surface area contributed by atoms with Gasteiger partial charge in [0, 0.05) is 32.2 Å². The van der Waals surface area contributed by atoms with Gasteiger partial charge in [0.2, 0.25) is 0 Å². The highest BCUT2D eigenvalue weighted by atomic mass is 35.5. The van der Waals surface area contributed by atoms with E-state index in [1.54, 1.807) is 6.07 Å². The predicted molar refractivity (Wildman–Crippen MR) is 100 cm³/mol. The Balaban J connectivity index is 0.00000242. The molecule has 1 aromatic carbocycles. The van der Waals surface area contributed by atoms with Crippen LogP contribution in [0.5, 0.6) is 11.5 Å². The fraction of sp³-hybridized carbons (Fsp3) is 0.529. The summed E-state index contributed by atoms with van der Waals surface area (Å²) in [7, 11) is 0. The minimum atomic E-state index is 0. The topological polar surface area (TPSA) is 44.7 Å². The Bertz CT molecular complexity index is 466. The first-order chi connectivity index (χ1) is 10.3. The normalized spacial score (nSPS) is 15.9. The summed E-state index contributed by atoms with van der Waals surface area (Å²) in [5.41, 5.74) is 1.21. The molecule has 2 rings (SSSR count). The van der Waals surface area contributed by atoms with Gasteiger partial charge in [-0.25, -0.2) is 0 Å². The Morgan fingerprint density at radius 1 is 1.35 bits per heavy atom. The molecule has 0 aliphatic carbocycles. The summed E-state index contributed by atoms with van der Waals surface area (Å²) in [6, 6.07) is 6.08. The van der Waals surface area contributed by atoms with Crippen molar-refractivity contribution in [2.24, 2.45) is 0 Å². The Labute approximate surface area is 151 Å². The lowest BCUT2D eigenvalue weighted by atomic mass is 9.99. The number of hydrogen-bond acceptors (Lipinski definition) is 4. The zero-order valence-corrected chi connectivity index (χ0v) is 15.3. The number of nitrogens with one attached hydrogen (secondary N) is 1. The molecule has 23 heavy (non-hydrogen) atoms. The molecule has 1 aromatic rings. The highest BCUT2D eigenvalue weighted by Gasteiger charge is 2.22. The van der Waals surface area contributed by atoms with Gasteiger partial charge < -0.3 is 15.2 Å². The zero-order valence-electron chi connectivity index (χ0n) is 13.7. The van der Waals surface area contributed by atoms with Gasteiger partial charge >= 0.3 is 0 Å². The fourth-order valence-corrected chi connectivity index (χ4v) is 2.84. The van der Waals surface area contributed by atoms with Gasteiger partial charge in [0.05, 0.1) is 6.61 Å². The van der Waals surface area contributed by atoms with Crippen LogP contribution in [0.15, 0.2) is 30.9 Å². The van der Waals surface area contributed by atoms with E-state index in [0.29, 0.717) is 18.4 Å². The molecular formula is C17H28Cl2N2O2. The fourth-order valence-electron chi connectivity index (χ4n) is 2.84. The van der Waals surface area contributed by atoms with E-state index in [1.807, 2.05) is 25.1 Å². The number of nitrogens with zero attached hydrogens (tertiary/aromatic N) is 1. The molecule has 0 bridgehead atoms. The van der Waals surface area contributed by atoms with Crippen LogP contribution >= 0.6 is 24.8 Å². The van der Waals surface area contributed by atoms with Gasteiger partial charge in [0.1, 0.15) is 0 Å². The first kappa shape index (κ1) is 22.1. The quantitative estimate of drug-likeness (QED) is 0.728. The van der Waals surface area contributed by atoms with E-state index < -0.39 is 0 Å². The van der Waals surface area contributed by atoms with E-state index in [1.165, 1.54) is 5.56 Å². The number of phenols is 1. The highest BCUT2D eigenvalue weighted by Crippen LogP contribution is 2.33. The largest absolute Gasteiger partial charge is 0.504 e. The standard InChI is InChI=1S/C17H26N2O2.2ClH/c1-3-5-6-15(19-11-9-18-10-12-19)14-7-8-16(20)17(13-14)21-4-2;;/h3,7-8,13,15,18,20H,1,4-6,9-12H2,2H3;2*1H/t15-;;/m0../s1. The first-order valence-electron chi connectivity index (χ1n) is 7.77. The number of ether oxygens (including phenoxy) is 1. The summed E-state index contributed by atoms with van der Waals surface area (Å²) in [4.78, 5) is 2.50. The molecule has 1 atom stereocenters. The Morgan fingerprint density at radius 2 is 2.04 bits per heavy atom. The van der Waals surface area contributed by atoms with Gasteiger partial charge in [-0.15, -0.1) is 31.4 Å². The first-order valence-corrected chi connectivity index (χ1v) is 7.77. The van der Waals surface area contributed by atoms with Crippen molar-refractivity contribution in [2.75, 3.05) is 32.8 Å². The maximum Gasteiger partial charge on any atom is 0.161 e. The Kier molecular flexibility index (Phi) is 11.1. The second-order valence-corrected chi connectivity index (χ2v) is 5.33. The van der Waals surface area contributed by atoms with Crippen molar-refractivity contribution < 1.29 is 9.84 Å². The van der Waals surface area contributed by atoms with E-state index in [2.05, 4.69) is 16.8 Å². The smallest absolute Gasteiger partial charge is 0.161 e. The summed E-state index contributed by atoms with van der Waals surface area (Å²) >= 11 is 0. The number of hydrogen-bond donors (Lipinski definition) is 2. The average Bonchev–Trinajstić information content (AvgIpc) is 2.52. The van der Waals surface area contributed by atoms with Gasteiger partial charge in [-0.3, -0.25) is 4.90 Å². The third-order valence-electron chi connectivity index (χ3n) is 3.91. The Hall–Kier alpha value is -0.940. The van der Waals surface area contributed by atoms with Crippen LogP contribution in [0.1, 0.15) is 31.4 Å². The number of rotatable bonds is 7. The molecule has 0 unspecified atom stereocenters. The maximum atomic E-state index is 9.87. The number of piperazine rings is 1. The maximum absolute atomic E-state index is 9.87. The zero-order chi connectivity index (χ0) is 15.1. The monoisotopic (exact) mass is 362 g/mol. The van der Waals surface area contributed by atoms with Crippen LogP contribution in [0, 0.1) is 0 Å². The molecule has 0 amide bonds. The van der Waals surface area contributed by atoms with Crippen molar-refractivity contribution in [1.29, 1.82) is 0 Å². The molecule has 0 radical (unpaired) electrons. The number of phenolic OH excluding ortho intramolecular Hbond substituents is 1. The van der Waals surface area contributed by atoms with E-state index >= 15 is 0 Å². The third kappa shape index (κ3) is 6.22. The predicted octanol–water partition coefficient (Wildman–Crippen LogP) is 3.55. The second-order valence-electron chi connectivity index (χ2n) is 5.33. The molecule has 0 aromatic heterocycles. The molecule has 6 heteroatoms. The van der Waals surface area contributed by atoms with Crippen molar-refractivity contribution in [2.45, 2.75) is 25.8 Å². The minimum absolute atomic E-state index is 0. The van der Waals surface area contributed by atoms with Gasteiger partial charge in [-0.1, -0.05) is 12.1 Å². The highest BCUT2D eigenvalue weighted by molar-refractivity contribution is 5.85. The molecule has 1 aliphatic heterocycles. The number of aromatic hydroxyl groups is 1. The lowest BCUT2D eigenvalue weighted by Crippen LogP contribution is -2.45. The summed E-state index contributed by atoms with van der Waals surface area (Å²) < 4.78 is 5.52. The van der Waals surface area contributed by atoms with Crippen LogP contribution in [0.4, 0.5) is 0 Å². The number of allylic oxidation sites excluding steroid dienone is 1. The summed E-state index contributed by atoms with van der Waals surface area (Å²) in [5, 5.41) is 13.3. The van der Waals surface area contributed by atoms with Crippen LogP contribution in [0.3, 0.4) is 0 Å². The molecule has 1 heterocycles. The van der Waals surface area contributed by atoms with Crippen LogP contribution in [-0.4, -0.2) is 42.8 Å². The molecular weight excluding hydrogens is 335 g/mol. The summed E-state index contributed by atoms with van der Waals surface area (Å²) in [5.74, 6) is 0.789. The van der Waals surface area contributed by atoms with Crippen molar-refractivity contribution in [3.8, 4) is 11.5 Å². The van der Waals surface area contributed by atoms with E-state index in [0.717, 1.165) is 39.0 Å². The van der Waals surface area contributed by atoms with E-state index in [-0.39, 0.29) is 30.6 Å². The molecule has 132 valence electrons. The van der Waals surface area contributed by atoms with Crippen molar-refractivity contribution >= 4 is 24.8 Å².